The molecule has 0 unspecified atom stereocenters. The van der Waals surface area contributed by atoms with Gasteiger partial charge in [0.2, 0.25) is 0 Å². The molecule has 3 heteroatoms. The normalized spacial score (nSPS) is 11.0. The first-order valence-corrected chi connectivity index (χ1v) is 5.38. The van der Waals surface area contributed by atoms with E-state index < -0.39 is 0 Å². The summed E-state index contributed by atoms with van der Waals surface area (Å²) in [5.41, 5.74) is 1.18. The second-order valence-electron chi connectivity index (χ2n) is 2.92. The molecular formula is C10H9FS2. The molecule has 0 saturated carbocycles. The van der Waals surface area contributed by atoms with Crippen molar-refractivity contribution in [3.8, 4) is 0 Å². The molecule has 2 aromatic rings. The number of hydrogen-bond acceptors (Lipinski definition) is 2. The van der Waals surface area contributed by atoms with E-state index in [-0.39, 0.29) is 5.13 Å². The van der Waals surface area contributed by atoms with Crippen LogP contribution in [0.5, 0.6) is 0 Å². The summed E-state index contributed by atoms with van der Waals surface area (Å²) in [5.74, 6) is 0. The van der Waals surface area contributed by atoms with Crippen LogP contribution in [0.25, 0.3) is 10.1 Å². The fourth-order valence-corrected chi connectivity index (χ4v) is 2.56. The smallest absolute Gasteiger partial charge is 0.177 e. The molecule has 0 atom stereocenters. The zero-order chi connectivity index (χ0) is 9.42. The third-order valence-corrected chi connectivity index (χ3v) is 3.37. The number of hydrogen-bond donors (Lipinski definition) is 1. The van der Waals surface area contributed by atoms with Crippen molar-refractivity contribution in [1.82, 2.24) is 0 Å². The molecule has 2 rings (SSSR count). The maximum Gasteiger partial charge on any atom is 0.177 e. The molecule has 0 aliphatic carbocycles. The van der Waals surface area contributed by atoms with E-state index in [4.69, 9.17) is 0 Å². The first kappa shape index (κ1) is 9.03. The van der Waals surface area contributed by atoms with Crippen LogP contribution in [0.1, 0.15) is 12.5 Å². The standard InChI is InChI=1S/C10H9FS2/c1-2-6-4-9-7(3-8(6)12)5-10(11)13-9/h3-5,12H,2H2,1H3. The van der Waals surface area contributed by atoms with Gasteiger partial charge in [0.15, 0.2) is 5.13 Å². The lowest BCUT2D eigenvalue weighted by Crippen LogP contribution is -1.81. The predicted molar refractivity (Wildman–Crippen MR) is 58.4 cm³/mol. The molecule has 13 heavy (non-hydrogen) atoms. The van der Waals surface area contributed by atoms with Crippen LogP contribution in [0, 0.1) is 5.13 Å². The zero-order valence-corrected chi connectivity index (χ0v) is 8.88. The van der Waals surface area contributed by atoms with Gasteiger partial charge >= 0.3 is 0 Å². The van der Waals surface area contributed by atoms with E-state index in [1.54, 1.807) is 6.07 Å². The van der Waals surface area contributed by atoms with Gasteiger partial charge in [-0.25, -0.2) is 0 Å². The number of aryl methyl sites for hydroxylation is 1. The van der Waals surface area contributed by atoms with Crippen molar-refractivity contribution in [2.75, 3.05) is 0 Å². The molecule has 0 nitrogen and oxygen atoms in total. The molecule has 1 aromatic heterocycles. The largest absolute Gasteiger partial charge is 0.195 e. The molecule has 1 aromatic carbocycles. The van der Waals surface area contributed by atoms with Crippen LogP contribution in [-0.2, 0) is 6.42 Å². The Morgan fingerprint density at radius 3 is 2.85 bits per heavy atom. The van der Waals surface area contributed by atoms with E-state index in [0.717, 1.165) is 21.4 Å². The molecular weight excluding hydrogens is 203 g/mol. The molecule has 0 aliphatic rings. The van der Waals surface area contributed by atoms with Gasteiger partial charge in [-0.2, -0.15) is 4.39 Å². The number of rotatable bonds is 1. The van der Waals surface area contributed by atoms with Gasteiger partial charge in [-0.05, 0) is 35.6 Å². The highest BCUT2D eigenvalue weighted by Gasteiger charge is 2.04. The Hall–Kier alpha value is -0.540. The third-order valence-electron chi connectivity index (χ3n) is 2.07. The molecule has 0 saturated heterocycles. The fourth-order valence-electron chi connectivity index (χ4n) is 1.37. The minimum absolute atomic E-state index is 0.129. The second kappa shape index (κ2) is 3.31. The average molecular weight is 212 g/mol. The highest BCUT2D eigenvalue weighted by atomic mass is 32.1. The topological polar surface area (TPSA) is 0 Å². The van der Waals surface area contributed by atoms with Gasteiger partial charge in [-0.15, -0.1) is 24.0 Å². The lowest BCUT2D eigenvalue weighted by Gasteiger charge is -2.00. The van der Waals surface area contributed by atoms with Crippen molar-refractivity contribution < 1.29 is 4.39 Å². The van der Waals surface area contributed by atoms with Crippen molar-refractivity contribution in [3.63, 3.8) is 0 Å². The Labute approximate surface area is 85.8 Å². The molecule has 0 bridgehead atoms. The van der Waals surface area contributed by atoms with Crippen molar-refractivity contribution in [2.45, 2.75) is 18.2 Å². The van der Waals surface area contributed by atoms with E-state index in [2.05, 4.69) is 19.6 Å². The lowest BCUT2D eigenvalue weighted by atomic mass is 10.1. The molecule has 0 fully saturated rings. The first-order valence-electron chi connectivity index (χ1n) is 4.11. The lowest BCUT2D eigenvalue weighted by molar-refractivity contribution is 0.658. The Balaban J connectivity index is 2.72. The van der Waals surface area contributed by atoms with Gasteiger partial charge in [0.1, 0.15) is 0 Å². The van der Waals surface area contributed by atoms with Crippen molar-refractivity contribution in [2.24, 2.45) is 0 Å². The summed E-state index contributed by atoms with van der Waals surface area (Å²) in [6.07, 6.45) is 0.939. The van der Waals surface area contributed by atoms with Crippen LogP contribution in [0.3, 0.4) is 0 Å². The Kier molecular flexibility index (Phi) is 2.30. The SMILES string of the molecule is CCc1cc2sc(F)cc2cc1S. The Morgan fingerprint density at radius 1 is 1.38 bits per heavy atom. The molecule has 0 radical (unpaired) electrons. The third kappa shape index (κ3) is 1.58. The van der Waals surface area contributed by atoms with Gasteiger partial charge < -0.3 is 0 Å². The van der Waals surface area contributed by atoms with Gasteiger partial charge in [0.25, 0.3) is 0 Å². The van der Waals surface area contributed by atoms with Gasteiger partial charge in [-0.1, -0.05) is 6.92 Å². The highest BCUT2D eigenvalue weighted by Crippen LogP contribution is 2.29. The maximum absolute atomic E-state index is 12.9. The van der Waals surface area contributed by atoms with Gasteiger partial charge in [0, 0.05) is 9.60 Å². The molecule has 0 N–H and O–H groups in total. The predicted octanol–water partition coefficient (Wildman–Crippen LogP) is 3.89. The molecule has 0 amide bonds. The second-order valence-corrected chi connectivity index (χ2v) is 4.44. The number of thiol groups is 1. The van der Waals surface area contributed by atoms with Crippen LogP contribution >= 0.6 is 24.0 Å². The van der Waals surface area contributed by atoms with Crippen LogP contribution < -0.4 is 0 Å². The summed E-state index contributed by atoms with van der Waals surface area (Å²) in [6, 6.07) is 5.50. The highest BCUT2D eigenvalue weighted by molar-refractivity contribution is 7.80. The molecule has 0 aliphatic heterocycles. The Bertz CT molecular complexity index is 445. The number of fused-ring (bicyclic) bond motifs is 1. The minimum Gasteiger partial charge on any atom is -0.195 e. The molecule has 1 heterocycles. The minimum atomic E-state index is -0.129. The van der Waals surface area contributed by atoms with Crippen molar-refractivity contribution in [1.29, 1.82) is 0 Å². The van der Waals surface area contributed by atoms with E-state index in [1.807, 2.05) is 12.1 Å². The number of thiophene rings is 1. The summed E-state index contributed by atoms with van der Waals surface area (Å²) in [5, 5.41) is 0.820. The molecule has 0 spiro atoms. The Morgan fingerprint density at radius 2 is 2.15 bits per heavy atom. The fraction of sp³-hybridized carbons (Fsp3) is 0.200. The maximum atomic E-state index is 12.9. The zero-order valence-electron chi connectivity index (χ0n) is 7.17. The average Bonchev–Trinajstić information content (AvgIpc) is 2.42. The summed E-state index contributed by atoms with van der Waals surface area (Å²) in [6.45, 7) is 2.07. The first-order chi connectivity index (χ1) is 6.20. The summed E-state index contributed by atoms with van der Waals surface area (Å²) in [4.78, 5) is 0.952. The van der Waals surface area contributed by atoms with Crippen molar-refractivity contribution in [3.05, 3.63) is 28.9 Å². The van der Waals surface area contributed by atoms with E-state index >= 15 is 0 Å². The van der Waals surface area contributed by atoms with Gasteiger partial charge in [-0.3, -0.25) is 0 Å². The van der Waals surface area contributed by atoms with Crippen LogP contribution in [0.4, 0.5) is 4.39 Å². The number of halogens is 1. The monoisotopic (exact) mass is 212 g/mol. The summed E-state index contributed by atoms with van der Waals surface area (Å²) >= 11 is 5.54. The van der Waals surface area contributed by atoms with Crippen molar-refractivity contribution >= 4 is 34.1 Å². The van der Waals surface area contributed by atoms with Crippen LogP contribution in [0.2, 0.25) is 0 Å². The van der Waals surface area contributed by atoms with Crippen LogP contribution in [-0.4, -0.2) is 0 Å². The van der Waals surface area contributed by atoms with Crippen LogP contribution in [0.15, 0.2) is 23.1 Å². The summed E-state index contributed by atoms with van der Waals surface area (Å²) < 4.78 is 13.9. The van der Waals surface area contributed by atoms with E-state index in [0.29, 0.717) is 0 Å². The number of benzene rings is 1. The summed E-state index contributed by atoms with van der Waals surface area (Å²) in [7, 11) is 0. The van der Waals surface area contributed by atoms with Gasteiger partial charge in [0.05, 0.1) is 0 Å². The molecule has 68 valence electrons. The quantitative estimate of drug-likeness (QED) is 0.681. The van der Waals surface area contributed by atoms with E-state index in [9.17, 15) is 4.39 Å². The van der Waals surface area contributed by atoms with E-state index in [1.165, 1.54) is 16.9 Å².